The van der Waals surface area contributed by atoms with Gasteiger partial charge in [-0.1, -0.05) is 27.7 Å². The van der Waals surface area contributed by atoms with Crippen molar-refractivity contribution in [1.29, 1.82) is 0 Å². The molecule has 0 heterocycles. The highest BCUT2D eigenvalue weighted by atomic mass is 16.3. The third-order valence-corrected chi connectivity index (χ3v) is 3.90. The molecule has 0 spiro atoms. The molecule has 0 saturated heterocycles. The molecule has 122 valence electrons. The van der Waals surface area contributed by atoms with Crippen molar-refractivity contribution in [2.24, 2.45) is 11.8 Å². The molecule has 5 heteroatoms. The normalized spacial score (nSPS) is 24.0. The maximum atomic E-state index is 12.4. The van der Waals surface area contributed by atoms with Crippen LogP contribution in [0.15, 0.2) is 0 Å². The van der Waals surface area contributed by atoms with E-state index in [1.54, 1.807) is 0 Å². The van der Waals surface area contributed by atoms with E-state index in [2.05, 4.69) is 10.6 Å². The quantitative estimate of drug-likeness (QED) is 0.697. The molecule has 1 unspecified atom stereocenters. The van der Waals surface area contributed by atoms with Crippen molar-refractivity contribution in [3.63, 3.8) is 0 Å². The lowest BCUT2D eigenvalue weighted by atomic mass is 9.92. The third-order valence-electron chi connectivity index (χ3n) is 3.90. The molecule has 0 aromatic rings. The summed E-state index contributed by atoms with van der Waals surface area (Å²) in [4.78, 5) is 24.3. The predicted octanol–water partition coefficient (Wildman–Crippen LogP) is 1.59. The summed E-state index contributed by atoms with van der Waals surface area (Å²) >= 11 is 0. The van der Waals surface area contributed by atoms with Crippen LogP contribution in [0, 0.1) is 11.8 Å². The van der Waals surface area contributed by atoms with Crippen LogP contribution in [0.5, 0.6) is 0 Å². The Labute approximate surface area is 127 Å². The summed E-state index contributed by atoms with van der Waals surface area (Å²) in [6.45, 7) is 7.84. The minimum absolute atomic E-state index is 0.0512. The number of aliphatic hydroxyl groups is 1. The molecule has 0 aromatic carbocycles. The first-order valence-electron chi connectivity index (χ1n) is 8.07. The highest BCUT2D eigenvalue weighted by Gasteiger charge is 2.27. The van der Waals surface area contributed by atoms with Crippen molar-refractivity contribution in [1.82, 2.24) is 10.6 Å². The van der Waals surface area contributed by atoms with Crippen LogP contribution in [-0.2, 0) is 9.59 Å². The molecule has 1 aliphatic rings. The predicted molar refractivity (Wildman–Crippen MR) is 82.6 cm³/mol. The van der Waals surface area contributed by atoms with Crippen LogP contribution in [-0.4, -0.2) is 35.1 Å². The van der Waals surface area contributed by atoms with Crippen molar-refractivity contribution in [3.05, 3.63) is 0 Å². The van der Waals surface area contributed by atoms with Gasteiger partial charge in [0.1, 0.15) is 6.04 Å². The molecular weight excluding hydrogens is 268 g/mol. The Morgan fingerprint density at radius 3 is 2.14 bits per heavy atom. The number of rotatable bonds is 6. The first kappa shape index (κ1) is 18.0. The topological polar surface area (TPSA) is 78.4 Å². The zero-order valence-electron chi connectivity index (χ0n) is 13.7. The number of aliphatic hydroxyl groups excluding tert-OH is 1. The van der Waals surface area contributed by atoms with Crippen LogP contribution < -0.4 is 10.6 Å². The third kappa shape index (κ3) is 6.46. The number of hydrogen-bond acceptors (Lipinski definition) is 3. The largest absolute Gasteiger partial charge is 0.393 e. The Kier molecular flexibility index (Phi) is 7.15. The van der Waals surface area contributed by atoms with Gasteiger partial charge in [0.05, 0.1) is 6.10 Å². The van der Waals surface area contributed by atoms with Gasteiger partial charge in [0.15, 0.2) is 0 Å². The van der Waals surface area contributed by atoms with E-state index in [0.29, 0.717) is 6.42 Å². The fraction of sp³-hybridized carbons (Fsp3) is 0.875. The minimum Gasteiger partial charge on any atom is -0.393 e. The van der Waals surface area contributed by atoms with E-state index in [9.17, 15) is 14.7 Å². The highest BCUT2D eigenvalue weighted by molar-refractivity contribution is 5.88. The molecule has 5 nitrogen and oxygen atoms in total. The highest BCUT2D eigenvalue weighted by Crippen LogP contribution is 2.18. The van der Waals surface area contributed by atoms with Gasteiger partial charge in [-0.15, -0.1) is 0 Å². The molecule has 1 rings (SSSR count). The van der Waals surface area contributed by atoms with Gasteiger partial charge in [-0.2, -0.15) is 0 Å². The summed E-state index contributed by atoms with van der Waals surface area (Å²) in [5.74, 6) is 0.150. The van der Waals surface area contributed by atoms with Gasteiger partial charge < -0.3 is 15.7 Å². The van der Waals surface area contributed by atoms with Crippen LogP contribution in [0.3, 0.4) is 0 Å². The zero-order valence-corrected chi connectivity index (χ0v) is 13.7. The van der Waals surface area contributed by atoms with Crippen LogP contribution in [0.25, 0.3) is 0 Å². The lowest BCUT2D eigenvalue weighted by Crippen LogP contribution is -2.52. The zero-order chi connectivity index (χ0) is 16.0. The van der Waals surface area contributed by atoms with Crippen molar-refractivity contribution in [2.75, 3.05) is 0 Å². The van der Waals surface area contributed by atoms with Gasteiger partial charge in [-0.05, 0) is 37.5 Å². The molecule has 0 bridgehead atoms. The Morgan fingerprint density at radius 2 is 1.67 bits per heavy atom. The fourth-order valence-corrected chi connectivity index (χ4v) is 2.65. The van der Waals surface area contributed by atoms with Crippen LogP contribution in [0.1, 0.15) is 59.8 Å². The number of carbonyl (C=O) groups excluding carboxylic acids is 2. The average molecular weight is 298 g/mol. The molecule has 3 N–H and O–H groups in total. The van der Waals surface area contributed by atoms with E-state index in [4.69, 9.17) is 0 Å². The number of carbonyl (C=O) groups is 2. The van der Waals surface area contributed by atoms with Crippen molar-refractivity contribution >= 4 is 11.8 Å². The molecule has 0 aromatic heterocycles. The molecule has 1 saturated carbocycles. The van der Waals surface area contributed by atoms with Crippen LogP contribution in [0.2, 0.25) is 0 Å². The lowest BCUT2D eigenvalue weighted by molar-refractivity contribution is -0.131. The van der Waals surface area contributed by atoms with E-state index >= 15 is 0 Å². The maximum absolute atomic E-state index is 12.4. The van der Waals surface area contributed by atoms with E-state index in [-0.39, 0.29) is 35.8 Å². The smallest absolute Gasteiger partial charge is 0.243 e. The second-order valence-electron chi connectivity index (χ2n) is 6.90. The van der Waals surface area contributed by atoms with Gasteiger partial charge >= 0.3 is 0 Å². The summed E-state index contributed by atoms with van der Waals surface area (Å²) in [6, 6.07) is -0.368. The number of amides is 2. The van der Waals surface area contributed by atoms with E-state index in [1.165, 1.54) is 0 Å². The van der Waals surface area contributed by atoms with Gasteiger partial charge in [-0.25, -0.2) is 0 Å². The Hall–Kier alpha value is -1.10. The Bertz CT molecular complexity index is 347. The second-order valence-corrected chi connectivity index (χ2v) is 6.90. The van der Waals surface area contributed by atoms with Gasteiger partial charge in [0.25, 0.3) is 0 Å². The molecule has 1 atom stereocenters. The first-order chi connectivity index (χ1) is 9.79. The summed E-state index contributed by atoms with van der Waals surface area (Å²) < 4.78 is 0. The molecule has 2 amide bonds. The lowest BCUT2D eigenvalue weighted by Gasteiger charge is -2.29. The second kappa shape index (κ2) is 8.37. The van der Waals surface area contributed by atoms with Crippen molar-refractivity contribution in [3.8, 4) is 0 Å². The van der Waals surface area contributed by atoms with Crippen molar-refractivity contribution in [2.45, 2.75) is 78.0 Å². The van der Waals surface area contributed by atoms with E-state index in [1.807, 2.05) is 27.7 Å². The average Bonchev–Trinajstić information content (AvgIpc) is 2.37. The number of nitrogens with one attached hydrogen (secondary N) is 2. The molecule has 0 radical (unpaired) electrons. The molecule has 21 heavy (non-hydrogen) atoms. The summed E-state index contributed by atoms with van der Waals surface area (Å²) in [7, 11) is 0. The molecule has 1 fully saturated rings. The summed E-state index contributed by atoms with van der Waals surface area (Å²) in [5, 5.41) is 15.4. The molecular formula is C16H30N2O3. The van der Waals surface area contributed by atoms with E-state index in [0.717, 1.165) is 25.7 Å². The molecule has 1 aliphatic carbocycles. The maximum Gasteiger partial charge on any atom is 0.243 e. The van der Waals surface area contributed by atoms with Crippen LogP contribution >= 0.6 is 0 Å². The van der Waals surface area contributed by atoms with Crippen LogP contribution in [0.4, 0.5) is 0 Å². The van der Waals surface area contributed by atoms with E-state index < -0.39 is 6.04 Å². The summed E-state index contributed by atoms with van der Waals surface area (Å²) in [5.41, 5.74) is 0. The standard InChI is InChI=1S/C16H30N2O3/c1-10(2)9-14(20)18-15(11(3)4)16(21)17-12-5-7-13(19)8-6-12/h10-13,15,19H,5-9H2,1-4H3,(H,17,21)(H,18,20). The van der Waals surface area contributed by atoms with Gasteiger partial charge in [0.2, 0.25) is 11.8 Å². The fourth-order valence-electron chi connectivity index (χ4n) is 2.65. The summed E-state index contributed by atoms with van der Waals surface area (Å²) in [6.07, 6.45) is 3.28. The van der Waals surface area contributed by atoms with Gasteiger partial charge in [-0.3, -0.25) is 9.59 Å². The Morgan fingerprint density at radius 1 is 1.10 bits per heavy atom. The Balaban J connectivity index is 2.51. The SMILES string of the molecule is CC(C)CC(=O)NC(C(=O)NC1CCC(O)CC1)C(C)C. The minimum atomic E-state index is -0.483. The monoisotopic (exact) mass is 298 g/mol. The first-order valence-corrected chi connectivity index (χ1v) is 8.07. The number of hydrogen-bond donors (Lipinski definition) is 3. The molecule has 0 aliphatic heterocycles. The van der Waals surface area contributed by atoms with Crippen molar-refractivity contribution < 1.29 is 14.7 Å². The van der Waals surface area contributed by atoms with Gasteiger partial charge in [0, 0.05) is 12.5 Å².